The molecule has 3 atom stereocenters. The molecule has 4 N–H and O–H groups in total. The Morgan fingerprint density at radius 2 is 1.82 bits per heavy atom. The number of aliphatic imine (C=N–C) groups is 1. The summed E-state index contributed by atoms with van der Waals surface area (Å²) in [6, 6.07) is 10.1. The van der Waals surface area contributed by atoms with Crippen molar-refractivity contribution in [1.29, 1.82) is 0 Å². The van der Waals surface area contributed by atoms with Crippen LogP contribution in [0.1, 0.15) is 23.6 Å². The first-order chi connectivity index (χ1) is 18.0. The number of carbonyl (C=O) groups is 1. The number of hydrogen-bond donors (Lipinski definition) is 3. The lowest BCUT2D eigenvalue weighted by Crippen LogP contribution is -2.71. The molecule has 0 saturated carbocycles. The first-order valence-electron chi connectivity index (χ1n) is 11.6. The fourth-order valence-corrected chi connectivity index (χ4v) is 4.69. The highest BCUT2D eigenvalue weighted by molar-refractivity contribution is 5.69. The van der Waals surface area contributed by atoms with Gasteiger partial charge in [-0.05, 0) is 47.9 Å². The van der Waals surface area contributed by atoms with Crippen LogP contribution in [0.15, 0.2) is 60.1 Å². The van der Waals surface area contributed by atoms with Gasteiger partial charge in [0.15, 0.2) is 0 Å². The summed E-state index contributed by atoms with van der Waals surface area (Å²) in [5, 5.41) is 10.3. The summed E-state index contributed by atoms with van der Waals surface area (Å²) < 4.78 is 49.1. The molecule has 0 bridgehead atoms. The van der Waals surface area contributed by atoms with E-state index in [-0.39, 0.29) is 5.56 Å². The van der Waals surface area contributed by atoms with Crippen LogP contribution in [0.4, 0.5) is 13.2 Å². The summed E-state index contributed by atoms with van der Waals surface area (Å²) in [5.74, 6) is -3.76. The van der Waals surface area contributed by atoms with Crippen molar-refractivity contribution in [2.45, 2.75) is 37.6 Å². The zero-order valence-corrected chi connectivity index (χ0v) is 20.9. The molecule has 3 aromatic rings. The van der Waals surface area contributed by atoms with E-state index in [2.05, 4.69) is 15.3 Å². The highest BCUT2D eigenvalue weighted by Gasteiger charge is 2.56. The smallest absolute Gasteiger partial charge is 0.300 e. The molecule has 0 aliphatic carbocycles. The third-order valence-corrected chi connectivity index (χ3v) is 6.44. The second-order valence-electron chi connectivity index (χ2n) is 9.02. The summed E-state index contributed by atoms with van der Waals surface area (Å²) in [6.07, 6.45) is 3.50. The monoisotopic (exact) mass is 528 g/mol. The summed E-state index contributed by atoms with van der Waals surface area (Å²) in [5.41, 5.74) is 7.59. The van der Waals surface area contributed by atoms with Crippen LogP contribution in [0, 0.1) is 12.7 Å². The van der Waals surface area contributed by atoms with Crippen LogP contribution in [0.3, 0.4) is 0 Å². The molecule has 2 aromatic carbocycles. The number of benzene rings is 2. The SMILES string of the molecule is CC(=O)O.COc1ccc(C2(c3ccc(F)c(-c4cncnc4)c3)N=CN3CC(F)(F)C(N)NC32)cc1C. The average molecular weight is 529 g/mol. The summed E-state index contributed by atoms with van der Waals surface area (Å²) >= 11 is 0. The van der Waals surface area contributed by atoms with Gasteiger partial charge in [0.05, 0.1) is 20.0 Å². The molecular formula is C26H27F3N6O3. The van der Waals surface area contributed by atoms with E-state index in [1.54, 1.807) is 25.3 Å². The Balaban J connectivity index is 0.000000786. The third kappa shape index (κ3) is 4.92. The third-order valence-electron chi connectivity index (χ3n) is 6.44. The van der Waals surface area contributed by atoms with Gasteiger partial charge >= 0.3 is 0 Å². The number of ether oxygens (including phenoxy) is 1. The number of aryl methyl sites for hydroxylation is 1. The largest absolute Gasteiger partial charge is 0.496 e. The quantitative estimate of drug-likeness (QED) is 0.472. The number of aromatic nitrogens is 2. The maximum Gasteiger partial charge on any atom is 0.300 e. The second-order valence-corrected chi connectivity index (χ2v) is 9.02. The number of fused-ring (bicyclic) bond motifs is 1. The molecule has 3 heterocycles. The van der Waals surface area contributed by atoms with Gasteiger partial charge in [0.2, 0.25) is 0 Å². The van der Waals surface area contributed by atoms with E-state index in [0.29, 0.717) is 16.9 Å². The van der Waals surface area contributed by atoms with E-state index in [1.165, 1.54) is 36.0 Å². The first-order valence-corrected chi connectivity index (χ1v) is 11.6. The fraction of sp³-hybridized carbons (Fsp3) is 0.308. The lowest BCUT2D eigenvalue weighted by Gasteiger charge is -2.46. The van der Waals surface area contributed by atoms with Crippen LogP contribution < -0.4 is 15.8 Å². The summed E-state index contributed by atoms with van der Waals surface area (Å²) in [4.78, 5) is 23.2. The predicted octanol–water partition coefficient (Wildman–Crippen LogP) is 3.13. The Morgan fingerprint density at radius 3 is 2.45 bits per heavy atom. The number of carboxylic acids is 1. The van der Waals surface area contributed by atoms with Crippen molar-refractivity contribution in [2.24, 2.45) is 10.7 Å². The van der Waals surface area contributed by atoms with Crippen LogP contribution in [-0.4, -0.2) is 64.2 Å². The highest BCUT2D eigenvalue weighted by atomic mass is 19.3. The van der Waals surface area contributed by atoms with Gasteiger partial charge in [-0.25, -0.2) is 23.1 Å². The van der Waals surface area contributed by atoms with Crippen LogP contribution in [0.25, 0.3) is 11.1 Å². The number of nitrogens with one attached hydrogen (secondary N) is 1. The molecule has 1 aromatic heterocycles. The number of methoxy groups -OCH3 is 1. The minimum atomic E-state index is -3.15. The number of nitrogens with two attached hydrogens (primary N) is 1. The molecule has 2 aliphatic heterocycles. The number of hydrogen-bond acceptors (Lipinski definition) is 8. The Morgan fingerprint density at radius 1 is 1.18 bits per heavy atom. The summed E-state index contributed by atoms with van der Waals surface area (Å²) in [7, 11) is 1.57. The minimum absolute atomic E-state index is 0.279. The molecular weight excluding hydrogens is 501 g/mol. The van der Waals surface area contributed by atoms with Gasteiger partial charge in [-0.2, -0.15) is 0 Å². The van der Waals surface area contributed by atoms with E-state index >= 15 is 0 Å². The number of halogens is 3. The van der Waals surface area contributed by atoms with Crippen molar-refractivity contribution in [3.8, 4) is 16.9 Å². The average Bonchev–Trinajstić information content (AvgIpc) is 3.22. The molecule has 38 heavy (non-hydrogen) atoms. The van der Waals surface area contributed by atoms with Crippen molar-refractivity contribution in [2.75, 3.05) is 13.7 Å². The predicted molar refractivity (Wildman–Crippen MR) is 134 cm³/mol. The molecule has 5 rings (SSSR count). The minimum Gasteiger partial charge on any atom is -0.496 e. The highest BCUT2D eigenvalue weighted by Crippen LogP contribution is 2.46. The van der Waals surface area contributed by atoms with Crippen LogP contribution >= 0.6 is 0 Å². The van der Waals surface area contributed by atoms with Gasteiger partial charge < -0.3 is 20.5 Å². The Bertz CT molecular complexity index is 1350. The topological polar surface area (TPSA) is 126 Å². The maximum absolute atomic E-state index is 14.9. The van der Waals surface area contributed by atoms with Crippen LogP contribution in [0.5, 0.6) is 5.75 Å². The molecule has 9 nitrogen and oxygen atoms in total. The first kappa shape index (κ1) is 27.0. The molecule has 0 amide bonds. The van der Waals surface area contributed by atoms with Crippen LogP contribution in [-0.2, 0) is 10.3 Å². The summed E-state index contributed by atoms with van der Waals surface area (Å²) in [6.45, 7) is 2.38. The van der Waals surface area contributed by atoms with E-state index in [1.807, 2.05) is 19.1 Å². The second kappa shape index (κ2) is 10.4. The van der Waals surface area contributed by atoms with Crippen molar-refractivity contribution in [1.82, 2.24) is 20.2 Å². The Kier molecular flexibility index (Phi) is 7.38. The van der Waals surface area contributed by atoms with Crippen molar-refractivity contribution >= 4 is 12.3 Å². The van der Waals surface area contributed by atoms with Gasteiger partial charge in [-0.15, -0.1) is 0 Å². The van der Waals surface area contributed by atoms with Crippen molar-refractivity contribution < 1.29 is 27.8 Å². The van der Waals surface area contributed by atoms with E-state index in [4.69, 9.17) is 25.4 Å². The normalized spacial score (nSPS) is 23.3. The van der Waals surface area contributed by atoms with Gasteiger partial charge in [-0.3, -0.25) is 15.1 Å². The van der Waals surface area contributed by atoms with Gasteiger partial charge in [-0.1, -0.05) is 12.1 Å². The van der Waals surface area contributed by atoms with Gasteiger partial charge in [0, 0.05) is 30.4 Å². The van der Waals surface area contributed by atoms with Crippen molar-refractivity contribution in [3.63, 3.8) is 0 Å². The maximum atomic E-state index is 14.9. The Labute approximate surface area is 217 Å². The molecule has 1 saturated heterocycles. The molecule has 0 spiro atoms. The standard InChI is InChI=1S/C24H23F3N6O.C2H4O2/c1-14-7-16(4-6-20(14)34-2)24(22-32-21(28)23(26,27)11-33(22)13-31-24)17-3-5-19(25)18(8-17)15-9-29-12-30-10-15;1-2(3)4/h3-10,12-13,21-22,32H,11,28H2,1-2H3;1H3,(H,3,4). The number of rotatable bonds is 4. The van der Waals surface area contributed by atoms with Gasteiger partial charge in [0.25, 0.3) is 11.9 Å². The Hall–Kier alpha value is -4.03. The number of alkyl halides is 2. The molecule has 200 valence electrons. The van der Waals surface area contributed by atoms with Crippen molar-refractivity contribution in [3.05, 3.63) is 77.6 Å². The van der Waals surface area contributed by atoms with E-state index < -0.39 is 42.1 Å². The number of aliphatic carboxylic acids is 1. The lowest BCUT2D eigenvalue weighted by atomic mass is 9.78. The molecule has 0 radical (unpaired) electrons. The zero-order valence-electron chi connectivity index (χ0n) is 20.9. The van der Waals surface area contributed by atoms with E-state index in [0.717, 1.165) is 18.1 Å². The van der Waals surface area contributed by atoms with E-state index in [9.17, 15) is 13.2 Å². The fourth-order valence-electron chi connectivity index (χ4n) is 4.69. The molecule has 2 aliphatic rings. The molecule has 12 heteroatoms. The molecule has 1 fully saturated rings. The van der Waals surface area contributed by atoms with Crippen LogP contribution in [0.2, 0.25) is 0 Å². The zero-order chi connectivity index (χ0) is 27.7. The van der Waals surface area contributed by atoms with Gasteiger partial charge in [0.1, 0.15) is 35.8 Å². The molecule has 3 unspecified atom stereocenters. The lowest BCUT2D eigenvalue weighted by molar-refractivity contribution is -0.134. The number of carboxylic acid groups (broad SMARTS) is 1. The number of nitrogens with zero attached hydrogens (tertiary/aromatic N) is 4.